The molecule has 0 aromatic carbocycles. The maximum absolute atomic E-state index is 12.3. The second-order valence-corrected chi connectivity index (χ2v) is 7.86. The Bertz CT molecular complexity index is 852. The van der Waals surface area contributed by atoms with Crippen molar-refractivity contribution in [1.82, 2.24) is 30.4 Å². The molecule has 152 valence electrons. The Hall–Kier alpha value is -2.91. The van der Waals surface area contributed by atoms with Gasteiger partial charge in [0.25, 0.3) is 0 Å². The summed E-state index contributed by atoms with van der Waals surface area (Å²) >= 11 is 0. The van der Waals surface area contributed by atoms with Gasteiger partial charge in [0.15, 0.2) is 11.5 Å². The van der Waals surface area contributed by atoms with Gasteiger partial charge in [-0.2, -0.15) is 4.52 Å². The van der Waals surface area contributed by atoms with Gasteiger partial charge in [-0.25, -0.2) is 4.79 Å². The van der Waals surface area contributed by atoms with Crippen LogP contribution in [0.5, 0.6) is 0 Å². The number of hydrogen-bond donors (Lipinski definition) is 2. The van der Waals surface area contributed by atoms with Gasteiger partial charge in [-0.05, 0) is 52.7 Å². The highest BCUT2D eigenvalue weighted by Gasteiger charge is 2.21. The van der Waals surface area contributed by atoms with Crippen LogP contribution in [0.2, 0.25) is 0 Å². The highest BCUT2D eigenvalue weighted by Crippen LogP contribution is 2.18. The Morgan fingerprint density at radius 3 is 2.61 bits per heavy atom. The number of carbonyl (C=O) groups excluding carboxylic acids is 2. The quantitative estimate of drug-likeness (QED) is 0.791. The van der Waals surface area contributed by atoms with Crippen LogP contribution in [-0.2, 0) is 16.1 Å². The van der Waals surface area contributed by atoms with Gasteiger partial charge in [-0.1, -0.05) is 0 Å². The number of nitrogens with one attached hydrogen (secondary N) is 2. The molecular formula is C18H27N7O3. The standard InChI is InChI=1S/C18H27N7O3/c1-12(20-17(27)28-18(2,3)4)16(26)19-11-15-22-21-13-7-8-14(23-25(13)15)24-9-5-6-10-24/h7-8,12H,5-6,9-11H2,1-4H3,(H,19,26)(H,20,27). The zero-order valence-corrected chi connectivity index (χ0v) is 16.7. The van der Waals surface area contributed by atoms with E-state index in [1.807, 2.05) is 12.1 Å². The van der Waals surface area contributed by atoms with Crippen LogP contribution in [0.1, 0.15) is 46.4 Å². The zero-order valence-electron chi connectivity index (χ0n) is 16.7. The Labute approximate surface area is 163 Å². The average Bonchev–Trinajstić information content (AvgIpc) is 3.27. The van der Waals surface area contributed by atoms with E-state index in [0.717, 1.165) is 31.7 Å². The normalized spacial score (nSPS) is 15.5. The maximum Gasteiger partial charge on any atom is 0.408 e. The molecule has 3 heterocycles. The molecule has 2 aromatic rings. The summed E-state index contributed by atoms with van der Waals surface area (Å²) in [6.45, 7) is 8.99. The van der Waals surface area contributed by atoms with Crippen molar-refractivity contribution < 1.29 is 14.3 Å². The van der Waals surface area contributed by atoms with Gasteiger partial charge >= 0.3 is 6.09 Å². The van der Waals surface area contributed by atoms with E-state index in [4.69, 9.17) is 4.74 Å². The van der Waals surface area contributed by atoms with E-state index in [1.165, 1.54) is 0 Å². The number of aromatic nitrogens is 4. The van der Waals surface area contributed by atoms with Crippen LogP contribution in [0.15, 0.2) is 12.1 Å². The molecule has 10 heteroatoms. The van der Waals surface area contributed by atoms with Gasteiger partial charge in [-0.3, -0.25) is 4.79 Å². The van der Waals surface area contributed by atoms with E-state index in [0.29, 0.717) is 11.5 Å². The van der Waals surface area contributed by atoms with Crippen molar-refractivity contribution in [3.05, 3.63) is 18.0 Å². The lowest BCUT2D eigenvalue weighted by atomic mass is 10.2. The lowest BCUT2D eigenvalue weighted by molar-refractivity contribution is -0.123. The minimum atomic E-state index is -0.748. The Balaban J connectivity index is 1.60. The number of carbonyl (C=O) groups is 2. The highest BCUT2D eigenvalue weighted by molar-refractivity contribution is 5.85. The van der Waals surface area contributed by atoms with E-state index in [-0.39, 0.29) is 12.5 Å². The van der Waals surface area contributed by atoms with E-state index in [9.17, 15) is 9.59 Å². The second-order valence-electron chi connectivity index (χ2n) is 7.86. The van der Waals surface area contributed by atoms with Crippen LogP contribution in [-0.4, -0.2) is 56.5 Å². The van der Waals surface area contributed by atoms with Gasteiger partial charge in [0.05, 0.1) is 6.54 Å². The molecule has 2 N–H and O–H groups in total. The number of rotatable bonds is 5. The lowest BCUT2D eigenvalue weighted by Crippen LogP contribution is -2.46. The Kier molecular flexibility index (Phi) is 5.66. The predicted molar refractivity (Wildman–Crippen MR) is 103 cm³/mol. The molecule has 0 saturated carbocycles. The third kappa shape index (κ3) is 4.87. The van der Waals surface area contributed by atoms with Gasteiger partial charge in [-0.15, -0.1) is 15.3 Å². The van der Waals surface area contributed by atoms with Crippen molar-refractivity contribution in [2.45, 2.75) is 58.7 Å². The summed E-state index contributed by atoms with van der Waals surface area (Å²) in [6, 6.07) is 3.05. The van der Waals surface area contributed by atoms with E-state index in [2.05, 4.69) is 30.8 Å². The fraction of sp³-hybridized carbons (Fsp3) is 0.611. The molecule has 1 atom stereocenters. The SMILES string of the molecule is CC(NC(=O)OC(C)(C)C)C(=O)NCc1nnc2ccc(N3CCCC3)nn12. The molecule has 1 fully saturated rings. The molecule has 10 nitrogen and oxygen atoms in total. The molecule has 1 unspecified atom stereocenters. The summed E-state index contributed by atoms with van der Waals surface area (Å²) in [6.07, 6.45) is 1.68. The first-order valence-corrected chi connectivity index (χ1v) is 9.46. The van der Waals surface area contributed by atoms with Crippen LogP contribution in [0.3, 0.4) is 0 Å². The van der Waals surface area contributed by atoms with Crippen LogP contribution in [0, 0.1) is 0 Å². The van der Waals surface area contributed by atoms with Crippen molar-refractivity contribution in [1.29, 1.82) is 0 Å². The topological polar surface area (TPSA) is 114 Å². The summed E-state index contributed by atoms with van der Waals surface area (Å²) in [5, 5.41) is 18.1. The maximum atomic E-state index is 12.3. The number of fused-ring (bicyclic) bond motifs is 1. The molecule has 0 aliphatic carbocycles. The van der Waals surface area contributed by atoms with E-state index >= 15 is 0 Å². The van der Waals surface area contributed by atoms with Crippen molar-refractivity contribution in [2.24, 2.45) is 0 Å². The smallest absolute Gasteiger partial charge is 0.408 e. The van der Waals surface area contributed by atoms with Crippen molar-refractivity contribution in [2.75, 3.05) is 18.0 Å². The molecule has 1 aliphatic rings. The molecule has 0 radical (unpaired) electrons. The monoisotopic (exact) mass is 389 g/mol. The molecule has 1 saturated heterocycles. The predicted octanol–water partition coefficient (Wildman–Crippen LogP) is 1.25. The number of anilines is 1. The molecule has 3 rings (SSSR count). The van der Waals surface area contributed by atoms with Gasteiger partial charge in [0.1, 0.15) is 17.5 Å². The number of alkyl carbamates (subject to hydrolysis) is 1. The van der Waals surface area contributed by atoms with Crippen LogP contribution in [0.25, 0.3) is 5.65 Å². The molecule has 2 amide bonds. The number of hydrogen-bond acceptors (Lipinski definition) is 7. The van der Waals surface area contributed by atoms with Crippen LogP contribution >= 0.6 is 0 Å². The zero-order chi connectivity index (χ0) is 20.3. The number of ether oxygens (including phenoxy) is 1. The van der Waals surface area contributed by atoms with Gasteiger partial charge in [0, 0.05) is 13.1 Å². The van der Waals surface area contributed by atoms with Gasteiger partial charge < -0.3 is 20.3 Å². The largest absolute Gasteiger partial charge is 0.444 e. The average molecular weight is 389 g/mol. The second kappa shape index (κ2) is 7.99. The lowest BCUT2D eigenvalue weighted by Gasteiger charge is -2.21. The number of nitrogens with zero attached hydrogens (tertiary/aromatic N) is 5. The molecule has 2 aromatic heterocycles. The molecule has 0 bridgehead atoms. The van der Waals surface area contributed by atoms with E-state index < -0.39 is 17.7 Å². The molecule has 28 heavy (non-hydrogen) atoms. The fourth-order valence-corrected chi connectivity index (χ4v) is 2.92. The van der Waals surface area contributed by atoms with E-state index in [1.54, 1.807) is 32.2 Å². The van der Waals surface area contributed by atoms with Gasteiger partial charge in [0.2, 0.25) is 5.91 Å². The molecule has 0 spiro atoms. The summed E-state index contributed by atoms with van der Waals surface area (Å²) in [5.74, 6) is 1.05. The minimum Gasteiger partial charge on any atom is -0.444 e. The Morgan fingerprint density at radius 1 is 1.21 bits per heavy atom. The summed E-state index contributed by atoms with van der Waals surface area (Å²) in [7, 11) is 0. The van der Waals surface area contributed by atoms with Crippen molar-refractivity contribution in [3.63, 3.8) is 0 Å². The first-order chi connectivity index (χ1) is 13.2. The highest BCUT2D eigenvalue weighted by atomic mass is 16.6. The minimum absolute atomic E-state index is 0.150. The summed E-state index contributed by atoms with van der Waals surface area (Å²) in [4.78, 5) is 26.3. The van der Waals surface area contributed by atoms with Crippen molar-refractivity contribution >= 4 is 23.5 Å². The molecule has 1 aliphatic heterocycles. The van der Waals surface area contributed by atoms with Crippen LogP contribution in [0.4, 0.5) is 10.6 Å². The first kappa shape index (κ1) is 19.8. The third-order valence-electron chi connectivity index (χ3n) is 4.29. The van der Waals surface area contributed by atoms with Crippen molar-refractivity contribution in [3.8, 4) is 0 Å². The number of amides is 2. The van der Waals surface area contributed by atoms with Crippen LogP contribution < -0.4 is 15.5 Å². The first-order valence-electron chi connectivity index (χ1n) is 9.46. The third-order valence-corrected chi connectivity index (χ3v) is 4.29. The summed E-state index contributed by atoms with van der Waals surface area (Å²) in [5.41, 5.74) is -0.00786. The Morgan fingerprint density at radius 2 is 1.93 bits per heavy atom. The molecular weight excluding hydrogens is 362 g/mol. The fourth-order valence-electron chi connectivity index (χ4n) is 2.92. The summed E-state index contributed by atoms with van der Waals surface area (Å²) < 4.78 is 6.80.